The van der Waals surface area contributed by atoms with E-state index in [9.17, 15) is 9.59 Å². The molecule has 0 atom stereocenters. The Bertz CT molecular complexity index is 744. The van der Waals surface area contributed by atoms with Crippen LogP contribution in [0.2, 0.25) is 0 Å². The van der Waals surface area contributed by atoms with Crippen LogP contribution in [0.15, 0.2) is 45.3 Å². The molecule has 2 rings (SSSR count). The van der Waals surface area contributed by atoms with Crippen molar-refractivity contribution in [3.8, 4) is 0 Å². The Kier molecular flexibility index (Phi) is 22.7. The van der Waals surface area contributed by atoms with Crippen LogP contribution in [0, 0.1) is 13.8 Å². The molecule has 0 heterocycles. The van der Waals surface area contributed by atoms with Crippen LogP contribution in [0.5, 0.6) is 0 Å². The molecule has 0 bridgehead atoms. The lowest BCUT2D eigenvalue weighted by molar-refractivity contribution is -0.116. The number of anilines is 1. The van der Waals surface area contributed by atoms with Gasteiger partial charge in [0.1, 0.15) is 0 Å². The van der Waals surface area contributed by atoms with Gasteiger partial charge in [0.05, 0.1) is 11.8 Å². The molecular weight excluding hydrogens is 597 g/mol. The minimum atomic E-state index is -0.508. The number of hydrogen-bond donors (Lipinski definition) is 1. The van der Waals surface area contributed by atoms with Gasteiger partial charge < -0.3 is 5.73 Å². The van der Waals surface area contributed by atoms with Gasteiger partial charge in [-0.2, -0.15) is 0 Å². The molecule has 170 valence electrons. The first kappa shape index (κ1) is 33.8. The van der Waals surface area contributed by atoms with Crippen molar-refractivity contribution >= 4 is 83.4 Å². The van der Waals surface area contributed by atoms with E-state index in [4.69, 9.17) is 49.7 Å². The SMILES string of the molecule is Cc1cccc(Br)c1CC(=O)CCl.Cc1cccc(Br)c1N.F.FF.O=C(Cl)CCl. The summed E-state index contributed by atoms with van der Waals surface area (Å²) < 4.78 is 18.0. The van der Waals surface area contributed by atoms with E-state index in [0.717, 1.165) is 31.3 Å². The number of ketones is 1. The maximum absolute atomic E-state index is 11.1. The number of rotatable bonds is 4. The van der Waals surface area contributed by atoms with Gasteiger partial charge in [0.25, 0.3) is 0 Å². The van der Waals surface area contributed by atoms with Crippen LogP contribution in [-0.4, -0.2) is 22.8 Å². The van der Waals surface area contributed by atoms with Crippen LogP contribution >= 0.6 is 66.7 Å². The van der Waals surface area contributed by atoms with Gasteiger partial charge >= 0.3 is 0 Å². The van der Waals surface area contributed by atoms with Crippen LogP contribution in [-0.2, 0) is 16.0 Å². The van der Waals surface area contributed by atoms with Gasteiger partial charge in [0.15, 0.2) is 5.78 Å². The van der Waals surface area contributed by atoms with Crippen LogP contribution in [0.4, 0.5) is 19.5 Å². The molecule has 0 fully saturated rings. The number of nitrogen functional groups attached to an aromatic ring is 1. The number of halogens is 8. The number of carbonyl (C=O) groups is 2. The zero-order chi connectivity index (χ0) is 23.0. The fraction of sp³-hybridized carbons (Fsp3) is 0.263. The molecule has 0 amide bonds. The van der Waals surface area contributed by atoms with Crippen molar-refractivity contribution in [1.82, 2.24) is 0 Å². The summed E-state index contributed by atoms with van der Waals surface area (Å²) in [6.45, 7) is 3.97. The Morgan fingerprint density at radius 3 is 1.70 bits per heavy atom. The van der Waals surface area contributed by atoms with Crippen molar-refractivity contribution in [2.75, 3.05) is 17.5 Å². The van der Waals surface area contributed by atoms with E-state index >= 15 is 0 Å². The summed E-state index contributed by atoms with van der Waals surface area (Å²) in [5.74, 6) is 0.0409. The number of aryl methyl sites for hydroxylation is 2. The van der Waals surface area contributed by atoms with Crippen LogP contribution in [0.1, 0.15) is 16.7 Å². The van der Waals surface area contributed by atoms with E-state index in [1.807, 2.05) is 50.2 Å². The van der Waals surface area contributed by atoms with E-state index in [0.29, 0.717) is 6.42 Å². The average Bonchev–Trinajstić information content (AvgIpc) is 2.71. The molecule has 0 aliphatic heterocycles. The van der Waals surface area contributed by atoms with Crippen molar-refractivity contribution in [2.45, 2.75) is 20.3 Å². The molecule has 30 heavy (non-hydrogen) atoms. The van der Waals surface area contributed by atoms with E-state index in [1.54, 1.807) is 0 Å². The highest BCUT2D eigenvalue weighted by molar-refractivity contribution is 9.10. The lowest BCUT2D eigenvalue weighted by Crippen LogP contribution is -2.05. The highest BCUT2D eigenvalue weighted by atomic mass is 79.9. The number of carbonyl (C=O) groups excluding carboxylic acids is 2. The monoisotopic (exact) mass is 615 g/mol. The maximum atomic E-state index is 11.1. The summed E-state index contributed by atoms with van der Waals surface area (Å²) in [6, 6.07) is 11.8. The third kappa shape index (κ3) is 15.1. The Hall–Kier alpha value is -0.800. The molecule has 0 spiro atoms. The fourth-order valence-electron chi connectivity index (χ4n) is 1.78. The number of Topliss-reactive ketones (excluding diaryl/α,β-unsaturated/α-hetero) is 1. The fourth-order valence-corrected chi connectivity index (χ4v) is 2.94. The summed E-state index contributed by atoms with van der Waals surface area (Å²) >= 11 is 21.7. The van der Waals surface area contributed by atoms with Crippen molar-refractivity contribution in [3.05, 3.63) is 62.0 Å². The second-order valence-corrected chi connectivity index (χ2v) is 8.01. The minimum Gasteiger partial charge on any atom is -0.398 e. The third-order valence-electron chi connectivity index (χ3n) is 3.25. The molecule has 2 aromatic carbocycles. The first-order valence-electron chi connectivity index (χ1n) is 7.84. The van der Waals surface area contributed by atoms with Gasteiger partial charge in [-0.15, -0.1) is 23.2 Å². The first-order chi connectivity index (χ1) is 13.6. The van der Waals surface area contributed by atoms with Gasteiger partial charge in [0, 0.05) is 30.2 Å². The summed E-state index contributed by atoms with van der Waals surface area (Å²) in [5, 5.41) is -0.508. The topological polar surface area (TPSA) is 60.2 Å². The normalized spacial score (nSPS) is 8.70. The van der Waals surface area contributed by atoms with E-state index in [1.165, 1.54) is 0 Å². The molecule has 3 nitrogen and oxygen atoms in total. The van der Waals surface area contributed by atoms with Gasteiger partial charge in [-0.3, -0.25) is 14.3 Å². The van der Waals surface area contributed by atoms with Gasteiger partial charge in [0.2, 0.25) is 5.24 Å². The Morgan fingerprint density at radius 2 is 1.37 bits per heavy atom. The molecule has 0 aliphatic carbocycles. The van der Waals surface area contributed by atoms with Gasteiger partial charge in [-0.05, 0) is 70.2 Å². The number of nitrogens with two attached hydrogens (primary N) is 1. The quantitative estimate of drug-likeness (QED) is 0.220. The lowest BCUT2D eigenvalue weighted by atomic mass is 10.0. The number of benzene rings is 2. The van der Waals surface area contributed by atoms with Crippen molar-refractivity contribution in [3.63, 3.8) is 0 Å². The first-order valence-corrected chi connectivity index (χ1v) is 10.9. The number of alkyl halides is 2. The van der Waals surface area contributed by atoms with E-state index < -0.39 is 5.24 Å². The Labute approximate surface area is 205 Å². The molecule has 0 saturated carbocycles. The molecule has 0 aliphatic rings. The Balaban J connectivity index is -0.000000375. The van der Waals surface area contributed by atoms with Crippen LogP contribution < -0.4 is 5.73 Å². The van der Waals surface area contributed by atoms with Gasteiger partial charge in [-0.25, -0.2) is 0 Å². The molecule has 0 aromatic heterocycles. The molecule has 0 radical (unpaired) electrons. The zero-order valence-electron chi connectivity index (χ0n) is 16.0. The zero-order valence-corrected chi connectivity index (χ0v) is 21.5. The number of para-hydroxylation sites is 1. The lowest BCUT2D eigenvalue weighted by Gasteiger charge is -2.05. The molecular formula is C19H21Br2Cl3F3NO2. The molecule has 11 heteroatoms. The predicted octanol–water partition coefficient (Wildman–Crippen LogP) is 7.43. The summed E-state index contributed by atoms with van der Waals surface area (Å²) in [6.07, 6.45) is 0.413. The second kappa shape index (κ2) is 20.1. The number of hydrogen-bond acceptors (Lipinski definition) is 3. The Morgan fingerprint density at radius 1 is 0.933 bits per heavy atom. The smallest absolute Gasteiger partial charge is 0.236 e. The van der Waals surface area contributed by atoms with E-state index in [2.05, 4.69) is 31.9 Å². The standard InChI is InChI=1S/C10H10BrClO.C7H8BrN.C2H2Cl2O.F2.FH/c1-7-3-2-4-10(11)9(7)5-8(13)6-12;1-5-3-2-4-6(8)7(5)9;3-1-2(4)5;1-2;/h2-4H,5-6H2,1H3;2-4H,9H2,1H3;1H2;;1H. The van der Waals surface area contributed by atoms with Crippen LogP contribution in [0.25, 0.3) is 0 Å². The molecule has 0 saturated heterocycles. The van der Waals surface area contributed by atoms with Crippen LogP contribution in [0.3, 0.4) is 0 Å². The molecule has 2 aromatic rings. The highest BCUT2D eigenvalue weighted by Crippen LogP contribution is 2.22. The summed E-state index contributed by atoms with van der Waals surface area (Å²) in [4.78, 5) is 20.6. The van der Waals surface area contributed by atoms with Crippen molar-refractivity contribution < 1.29 is 23.4 Å². The van der Waals surface area contributed by atoms with Crippen molar-refractivity contribution in [1.29, 1.82) is 0 Å². The minimum absolute atomic E-state index is 0. The molecule has 2 N–H and O–H groups in total. The molecule has 0 unspecified atom stereocenters. The average molecular weight is 619 g/mol. The largest absolute Gasteiger partial charge is 0.398 e. The second-order valence-electron chi connectivity index (χ2n) is 5.34. The van der Waals surface area contributed by atoms with Crippen molar-refractivity contribution in [2.24, 2.45) is 0 Å². The highest BCUT2D eigenvalue weighted by Gasteiger charge is 2.07. The predicted molar refractivity (Wildman–Crippen MR) is 128 cm³/mol. The van der Waals surface area contributed by atoms with Gasteiger partial charge in [-0.1, -0.05) is 40.2 Å². The summed E-state index contributed by atoms with van der Waals surface area (Å²) in [5.41, 5.74) is 9.73. The maximum Gasteiger partial charge on any atom is 0.236 e. The third-order valence-corrected chi connectivity index (χ3v) is 5.50. The summed E-state index contributed by atoms with van der Waals surface area (Å²) in [7, 11) is 0. The van der Waals surface area contributed by atoms with E-state index in [-0.39, 0.29) is 22.2 Å².